The largest absolute Gasteiger partial charge is 0.459 e. The van der Waals surface area contributed by atoms with Crippen LogP contribution in [-0.2, 0) is 11.3 Å². The number of benzene rings is 2. The molecule has 1 aliphatic heterocycles. The molecule has 4 rings (SSSR count). The summed E-state index contributed by atoms with van der Waals surface area (Å²) in [6.45, 7) is 9.61. The molecule has 0 aliphatic carbocycles. The number of carbonyl (C=O) groups excluding carboxylic acids is 1. The molecule has 1 aliphatic rings. The van der Waals surface area contributed by atoms with E-state index >= 15 is 0 Å². The lowest BCUT2D eigenvalue weighted by molar-refractivity contribution is 0.00626. The summed E-state index contributed by atoms with van der Waals surface area (Å²) in [4.78, 5) is 19.0. The monoisotopic (exact) mass is 421 g/mol. The number of hydrogen-bond acceptors (Lipinski definition) is 4. The van der Waals surface area contributed by atoms with Crippen LogP contribution < -0.4 is 4.74 Å². The van der Waals surface area contributed by atoms with Gasteiger partial charge >= 0.3 is 6.09 Å². The fourth-order valence-corrected chi connectivity index (χ4v) is 3.85. The number of piperidine rings is 1. The van der Waals surface area contributed by atoms with Crippen LogP contribution in [0.3, 0.4) is 0 Å². The van der Waals surface area contributed by atoms with Gasteiger partial charge in [-0.05, 0) is 58.2 Å². The Balaban J connectivity index is 1.55. The number of amides is 1. The van der Waals surface area contributed by atoms with Crippen molar-refractivity contribution >= 4 is 17.1 Å². The van der Waals surface area contributed by atoms with Gasteiger partial charge in [0.15, 0.2) is 0 Å². The first-order chi connectivity index (χ1) is 14.8. The molecule has 2 heterocycles. The lowest BCUT2D eigenvalue weighted by atomic mass is 10.1. The molecule has 1 fully saturated rings. The van der Waals surface area contributed by atoms with E-state index in [0.29, 0.717) is 25.6 Å². The van der Waals surface area contributed by atoms with Crippen molar-refractivity contribution in [1.29, 1.82) is 0 Å². The Kier molecular flexibility index (Phi) is 5.90. The third-order valence-electron chi connectivity index (χ3n) is 5.38. The molecule has 164 valence electrons. The Bertz CT molecular complexity index is 1050. The Hall–Kier alpha value is -3.02. The van der Waals surface area contributed by atoms with Crippen molar-refractivity contribution in [3.8, 4) is 6.01 Å². The number of aryl methyl sites for hydroxylation is 1. The van der Waals surface area contributed by atoms with Gasteiger partial charge in [0, 0.05) is 6.54 Å². The van der Waals surface area contributed by atoms with Crippen LogP contribution >= 0.6 is 0 Å². The van der Waals surface area contributed by atoms with Gasteiger partial charge in [-0.2, -0.15) is 4.98 Å². The third-order valence-corrected chi connectivity index (χ3v) is 5.38. The van der Waals surface area contributed by atoms with Crippen molar-refractivity contribution in [2.24, 2.45) is 0 Å². The van der Waals surface area contributed by atoms with Crippen molar-refractivity contribution < 1.29 is 14.3 Å². The molecule has 3 aromatic rings. The number of ether oxygens (including phenoxy) is 2. The fraction of sp³-hybridized carbons (Fsp3) is 0.440. The van der Waals surface area contributed by atoms with Crippen LogP contribution in [0.25, 0.3) is 11.0 Å². The first kappa shape index (κ1) is 21.2. The highest BCUT2D eigenvalue weighted by atomic mass is 16.6. The van der Waals surface area contributed by atoms with Gasteiger partial charge in [0.1, 0.15) is 11.7 Å². The van der Waals surface area contributed by atoms with E-state index in [1.165, 1.54) is 11.1 Å². The molecule has 6 heteroatoms. The summed E-state index contributed by atoms with van der Waals surface area (Å²) < 4.78 is 14.0. The Labute approximate surface area is 183 Å². The number of aromatic nitrogens is 2. The number of fused-ring (bicyclic) bond motifs is 1. The van der Waals surface area contributed by atoms with Gasteiger partial charge in [-0.25, -0.2) is 4.79 Å². The number of nitrogens with zero attached hydrogens (tertiary/aromatic N) is 3. The number of hydrogen-bond donors (Lipinski definition) is 0. The predicted octanol–water partition coefficient (Wildman–Crippen LogP) is 5.17. The molecule has 0 N–H and O–H groups in total. The van der Waals surface area contributed by atoms with Crippen LogP contribution in [0.4, 0.5) is 4.79 Å². The van der Waals surface area contributed by atoms with E-state index in [1.54, 1.807) is 4.90 Å². The number of rotatable bonds is 4. The topological polar surface area (TPSA) is 56.6 Å². The second-order valence-electron chi connectivity index (χ2n) is 9.26. The molecule has 0 saturated carbocycles. The molecule has 31 heavy (non-hydrogen) atoms. The maximum Gasteiger partial charge on any atom is 0.410 e. The van der Waals surface area contributed by atoms with E-state index in [2.05, 4.69) is 41.8 Å². The van der Waals surface area contributed by atoms with Gasteiger partial charge in [-0.1, -0.05) is 42.0 Å². The van der Waals surface area contributed by atoms with Crippen molar-refractivity contribution in [3.05, 3.63) is 59.7 Å². The molecule has 0 radical (unpaired) electrons. The van der Waals surface area contributed by atoms with Gasteiger partial charge in [-0.3, -0.25) is 4.57 Å². The molecule has 6 nitrogen and oxygen atoms in total. The second-order valence-corrected chi connectivity index (χ2v) is 9.26. The van der Waals surface area contributed by atoms with E-state index in [9.17, 15) is 4.79 Å². The van der Waals surface area contributed by atoms with E-state index in [4.69, 9.17) is 14.5 Å². The van der Waals surface area contributed by atoms with Crippen LogP contribution in [0.5, 0.6) is 6.01 Å². The van der Waals surface area contributed by atoms with Crippen molar-refractivity contribution in [2.45, 2.75) is 58.8 Å². The molecule has 0 bridgehead atoms. The van der Waals surface area contributed by atoms with Gasteiger partial charge in [-0.15, -0.1) is 0 Å². The van der Waals surface area contributed by atoms with E-state index in [1.807, 2.05) is 39.0 Å². The number of likely N-dealkylation sites (tertiary alicyclic amines) is 1. The lowest BCUT2D eigenvalue weighted by Crippen LogP contribution is -2.46. The summed E-state index contributed by atoms with van der Waals surface area (Å²) in [5, 5.41) is 0. The Morgan fingerprint density at radius 1 is 1.13 bits per heavy atom. The lowest BCUT2D eigenvalue weighted by Gasteiger charge is -2.34. The minimum atomic E-state index is -0.507. The van der Waals surface area contributed by atoms with Gasteiger partial charge < -0.3 is 14.4 Å². The average molecular weight is 422 g/mol. The molecule has 2 aromatic carbocycles. The molecular weight excluding hydrogens is 390 g/mol. The van der Waals surface area contributed by atoms with Crippen LogP contribution in [0, 0.1) is 6.92 Å². The number of imidazole rings is 1. The smallest absolute Gasteiger partial charge is 0.410 e. The summed E-state index contributed by atoms with van der Waals surface area (Å²) >= 11 is 0. The van der Waals surface area contributed by atoms with Crippen molar-refractivity contribution in [2.75, 3.05) is 13.1 Å². The van der Waals surface area contributed by atoms with E-state index in [-0.39, 0.29) is 12.2 Å². The van der Waals surface area contributed by atoms with Crippen LogP contribution in [0.1, 0.15) is 44.7 Å². The summed E-state index contributed by atoms with van der Waals surface area (Å²) in [7, 11) is 0. The number of para-hydroxylation sites is 2. The zero-order valence-corrected chi connectivity index (χ0v) is 18.8. The molecule has 1 saturated heterocycles. The van der Waals surface area contributed by atoms with Crippen molar-refractivity contribution in [3.63, 3.8) is 0 Å². The summed E-state index contributed by atoms with van der Waals surface area (Å²) in [6, 6.07) is 17.2. The molecule has 0 unspecified atom stereocenters. The van der Waals surface area contributed by atoms with Crippen LogP contribution in [0.2, 0.25) is 0 Å². The van der Waals surface area contributed by atoms with Gasteiger partial charge in [0.2, 0.25) is 0 Å². The first-order valence-electron chi connectivity index (χ1n) is 10.9. The molecule has 1 aromatic heterocycles. The SMILES string of the molecule is Cc1ccc(Cn2c(O[C@@H]3CCCN(C(=O)OC(C)(C)C)C3)nc3ccccc32)cc1. The van der Waals surface area contributed by atoms with Gasteiger partial charge in [0.05, 0.1) is 24.1 Å². The van der Waals surface area contributed by atoms with Crippen LogP contribution in [0.15, 0.2) is 48.5 Å². The predicted molar refractivity (Wildman–Crippen MR) is 121 cm³/mol. The highest BCUT2D eigenvalue weighted by molar-refractivity contribution is 5.76. The first-order valence-corrected chi connectivity index (χ1v) is 10.9. The standard InChI is InChI=1S/C25H31N3O3/c1-18-11-13-19(14-12-18)16-28-22-10-6-5-9-21(22)26-23(28)30-20-8-7-15-27(17-20)24(29)31-25(2,3)4/h5-6,9-14,20H,7-8,15-17H2,1-4H3/t20-/m1/s1. The zero-order chi connectivity index (χ0) is 22.0. The fourth-order valence-electron chi connectivity index (χ4n) is 3.85. The minimum Gasteiger partial charge on any atom is -0.459 e. The van der Waals surface area contributed by atoms with Crippen LogP contribution in [-0.4, -0.2) is 45.3 Å². The summed E-state index contributed by atoms with van der Waals surface area (Å²) in [5.74, 6) is 0. The van der Waals surface area contributed by atoms with Crippen molar-refractivity contribution in [1.82, 2.24) is 14.5 Å². The van der Waals surface area contributed by atoms with E-state index in [0.717, 1.165) is 23.9 Å². The summed E-state index contributed by atoms with van der Waals surface area (Å²) in [5.41, 5.74) is 3.87. The third kappa shape index (κ3) is 5.19. The molecule has 1 amide bonds. The van der Waals surface area contributed by atoms with Gasteiger partial charge in [0.25, 0.3) is 6.01 Å². The summed E-state index contributed by atoms with van der Waals surface area (Å²) in [6.07, 6.45) is 1.36. The molecule has 0 spiro atoms. The maximum absolute atomic E-state index is 12.5. The zero-order valence-electron chi connectivity index (χ0n) is 18.8. The normalized spacial score (nSPS) is 17.0. The van der Waals surface area contributed by atoms with E-state index < -0.39 is 5.60 Å². The maximum atomic E-state index is 12.5. The average Bonchev–Trinajstić information content (AvgIpc) is 3.06. The highest BCUT2D eigenvalue weighted by Gasteiger charge is 2.29. The molecule has 1 atom stereocenters. The molecular formula is C25H31N3O3. The minimum absolute atomic E-state index is 0.116. The second kappa shape index (κ2) is 8.61. The quantitative estimate of drug-likeness (QED) is 0.583. The number of carbonyl (C=O) groups is 1. The Morgan fingerprint density at radius 3 is 2.61 bits per heavy atom. The Morgan fingerprint density at radius 2 is 1.87 bits per heavy atom. The highest BCUT2D eigenvalue weighted by Crippen LogP contribution is 2.26.